The van der Waals surface area contributed by atoms with Crippen molar-refractivity contribution in [3.05, 3.63) is 53.2 Å². The van der Waals surface area contributed by atoms with Crippen LogP contribution in [-0.2, 0) is 14.6 Å². The Morgan fingerprint density at radius 3 is 2.70 bits per heavy atom. The first-order valence-electron chi connectivity index (χ1n) is 10.4. The molecule has 2 aromatic carbocycles. The Labute approximate surface area is 221 Å². The molecule has 2 radical (unpaired) electrons. The van der Waals surface area contributed by atoms with E-state index in [0.29, 0.717) is 34.9 Å². The molecule has 1 heterocycles. The summed E-state index contributed by atoms with van der Waals surface area (Å²) in [5.74, 6) is 4.73. The second-order valence-electron chi connectivity index (χ2n) is 7.75. The van der Waals surface area contributed by atoms with E-state index in [1.165, 1.54) is 43.5 Å². The summed E-state index contributed by atoms with van der Waals surface area (Å²) >= 11 is 13.4. The van der Waals surface area contributed by atoms with Gasteiger partial charge in [-0.2, -0.15) is 11.1 Å². The summed E-state index contributed by atoms with van der Waals surface area (Å²) in [5.41, 5.74) is 2.22. The van der Waals surface area contributed by atoms with Crippen molar-refractivity contribution in [2.24, 2.45) is 0 Å². The number of nitriles is 1. The molecule has 0 saturated heterocycles. The summed E-state index contributed by atoms with van der Waals surface area (Å²) in [7, 11) is -0.861. The molecule has 4 rings (SSSR count). The van der Waals surface area contributed by atoms with Gasteiger partial charge in [-0.1, -0.05) is 11.6 Å². The van der Waals surface area contributed by atoms with Gasteiger partial charge < -0.3 is 8.95 Å². The average Bonchev–Trinajstić information content (AvgIpc) is 3.37. The molecule has 0 amide bonds. The third-order valence-electron chi connectivity index (χ3n) is 5.14. The Morgan fingerprint density at radius 2 is 2.06 bits per heavy atom. The van der Waals surface area contributed by atoms with Crippen molar-refractivity contribution in [3.8, 4) is 23.3 Å². The zero-order chi connectivity index (χ0) is 24.0. The number of hydrogen-bond acceptors (Lipinski definition) is 5. The van der Waals surface area contributed by atoms with Crippen molar-refractivity contribution in [2.75, 3.05) is 18.7 Å². The molecule has 0 spiro atoms. The molecule has 1 saturated carbocycles. The number of aromatic nitrogens is 1. The molecule has 33 heavy (non-hydrogen) atoms. The average molecular weight is 606 g/mol. The number of ether oxygens (including phenoxy) is 2. The molecule has 0 bridgehead atoms. The van der Waals surface area contributed by atoms with Crippen LogP contribution in [0.3, 0.4) is 0 Å². The first-order valence-corrected chi connectivity index (χ1v) is 15.0. The van der Waals surface area contributed by atoms with E-state index in [1.54, 1.807) is 12.1 Å². The molecule has 3 aromatic rings. The van der Waals surface area contributed by atoms with E-state index in [9.17, 15) is 9.47 Å². The number of benzene rings is 2. The Morgan fingerprint density at radius 1 is 1.30 bits per heavy atom. The SMILES string of the molecule is C=[S-](C)=O.N#Cc1cc(-n2ccc3cc(O[C@@H]4CC[C@H]([In])C4)ccc32)cc(Cl)c1OCCCl. The van der Waals surface area contributed by atoms with E-state index in [2.05, 4.69) is 24.1 Å². The topological polar surface area (TPSA) is 64.2 Å². The Bertz CT molecular complexity index is 1230. The van der Waals surface area contributed by atoms with Crippen LogP contribution in [0.4, 0.5) is 0 Å². The van der Waals surface area contributed by atoms with Crippen LogP contribution in [0.5, 0.6) is 11.5 Å². The molecular formula is C24H24Cl2InN2O3S-. The normalized spacial score (nSPS) is 17.4. The number of hydrogen-bond donors (Lipinski definition) is 0. The van der Waals surface area contributed by atoms with Crippen molar-refractivity contribution in [1.29, 1.82) is 5.26 Å². The van der Waals surface area contributed by atoms with Crippen LogP contribution in [0.1, 0.15) is 24.8 Å². The van der Waals surface area contributed by atoms with Gasteiger partial charge in [-0.25, -0.2) is 0 Å². The monoisotopic (exact) mass is 605 g/mol. The van der Waals surface area contributed by atoms with Gasteiger partial charge in [-0.15, -0.1) is 17.9 Å². The fourth-order valence-corrected chi connectivity index (χ4v) is 5.54. The molecule has 0 aliphatic heterocycles. The van der Waals surface area contributed by atoms with Crippen molar-refractivity contribution in [3.63, 3.8) is 0 Å². The third kappa shape index (κ3) is 7.02. The smallest absolute Gasteiger partial charge is 0.489 e. The van der Waals surface area contributed by atoms with Crippen LogP contribution in [0.15, 0.2) is 42.6 Å². The summed E-state index contributed by atoms with van der Waals surface area (Å²) in [6, 6.07) is 13.9. The molecule has 9 heteroatoms. The fraction of sp³-hybridized carbons (Fsp3) is 0.333. The van der Waals surface area contributed by atoms with Crippen LogP contribution >= 0.6 is 23.2 Å². The predicted octanol–water partition coefficient (Wildman–Crippen LogP) is 5.67. The molecule has 0 unspecified atom stereocenters. The van der Waals surface area contributed by atoms with Crippen LogP contribution in [-0.4, -0.2) is 59.7 Å². The van der Waals surface area contributed by atoms with Gasteiger partial charge in [0.1, 0.15) is 12.7 Å². The van der Waals surface area contributed by atoms with E-state index in [-0.39, 0.29) is 0 Å². The molecule has 1 aliphatic carbocycles. The maximum atomic E-state index is 9.52. The van der Waals surface area contributed by atoms with Crippen molar-refractivity contribution in [1.82, 2.24) is 4.57 Å². The fourth-order valence-electron chi connectivity index (χ4n) is 3.78. The second kappa shape index (κ2) is 12.3. The molecule has 5 nitrogen and oxygen atoms in total. The van der Waals surface area contributed by atoms with E-state index < -0.39 is 10.4 Å². The third-order valence-corrected chi connectivity index (χ3v) is 7.30. The molecule has 2 atom stereocenters. The predicted molar refractivity (Wildman–Crippen MR) is 138 cm³/mol. The van der Waals surface area contributed by atoms with Crippen molar-refractivity contribution in [2.45, 2.75) is 29.0 Å². The Kier molecular flexibility index (Phi) is 9.75. The number of nitrogens with zero attached hydrogens (tertiary/aromatic N) is 2. The van der Waals surface area contributed by atoms with Crippen molar-refractivity contribution >= 4 is 74.7 Å². The van der Waals surface area contributed by atoms with E-state index in [0.717, 1.165) is 32.4 Å². The molecule has 172 valence electrons. The van der Waals surface area contributed by atoms with E-state index >= 15 is 0 Å². The van der Waals surface area contributed by atoms with Crippen LogP contribution < -0.4 is 9.47 Å². The van der Waals surface area contributed by atoms with Gasteiger partial charge in [0.05, 0.1) is 5.88 Å². The van der Waals surface area contributed by atoms with Gasteiger partial charge in [0, 0.05) is 0 Å². The van der Waals surface area contributed by atoms with Crippen LogP contribution in [0, 0.1) is 11.3 Å². The molecule has 0 N–H and O–H groups in total. The summed E-state index contributed by atoms with van der Waals surface area (Å²) in [6.07, 6.45) is 7.46. The number of halogens is 2. The summed E-state index contributed by atoms with van der Waals surface area (Å²) in [6.45, 7) is 0.298. The maximum absolute atomic E-state index is 9.52. The molecular weight excluding hydrogens is 582 g/mol. The minimum Gasteiger partial charge on any atom is -0.489 e. The quantitative estimate of drug-likeness (QED) is 0.206. The zero-order valence-corrected chi connectivity index (χ0v) is 23.9. The van der Waals surface area contributed by atoms with Crippen molar-refractivity contribution < 1.29 is 13.7 Å². The Balaban J connectivity index is 0.000000709. The van der Waals surface area contributed by atoms with Crippen LogP contribution in [0.2, 0.25) is 8.70 Å². The molecule has 1 fully saturated rings. The van der Waals surface area contributed by atoms with Gasteiger partial charge in [0.2, 0.25) is 0 Å². The van der Waals surface area contributed by atoms with E-state index in [1.807, 2.05) is 22.9 Å². The van der Waals surface area contributed by atoms with Gasteiger partial charge in [-0.05, 0) is 0 Å². The number of rotatable bonds is 6. The standard InChI is InChI=1S/C22H19Cl2N2O2.C2H5OS.In/c23-8-10-27-22-16(14-25)11-17(13-20(22)24)26-9-7-15-12-19(5-6-21(15)26)28-18-3-1-2-4-18;1-4(2)3;/h1,5-7,9,11-13,18H,2-4,8,10H2;1H2,2H3;/q;-1;/t18-;;/m0../s1. The number of alkyl halides is 1. The van der Waals surface area contributed by atoms with Gasteiger partial charge in [0.25, 0.3) is 0 Å². The number of fused-ring (bicyclic) bond motifs is 1. The van der Waals surface area contributed by atoms with Crippen LogP contribution in [0.25, 0.3) is 16.6 Å². The first-order chi connectivity index (χ1) is 15.8. The minimum atomic E-state index is -0.861. The second-order valence-corrected chi connectivity index (χ2v) is 12.4. The zero-order valence-electron chi connectivity index (χ0n) is 18.3. The first kappa shape index (κ1) is 26.2. The Hall–Kier alpha value is -1.46. The van der Waals surface area contributed by atoms with Gasteiger partial charge in [-0.3, -0.25) is 10.4 Å². The summed E-state index contributed by atoms with van der Waals surface area (Å²) < 4.78 is 24.1. The molecule has 1 aliphatic rings. The summed E-state index contributed by atoms with van der Waals surface area (Å²) in [4.78, 5) is 0. The van der Waals surface area contributed by atoms with E-state index in [4.69, 9.17) is 32.7 Å². The van der Waals surface area contributed by atoms with Gasteiger partial charge >= 0.3 is 138 Å². The molecule has 1 aromatic heterocycles. The van der Waals surface area contributed by atoms with Gasteiger partial charge in [0.15, 0.2) is 5.75 Å². The minimum absolute atomic E-state index is 0.298. The summed E-state index contributed by atoms with van der Waals surface area (Å²) in [5, 5.41) is 11.0.